The smallest absolute Gasteiger partial charge is 0.386 e. The van der Waals surface area contributed by atoms with E-state index in [1.54, 1.807) is 17.7 Å². The third-order valence-corrected chi connectivity index (χ3v) is 11.1. The van der Waals surface area contributed by atoms with E-state index in [0.29, 0.717) is 16.6 Å². The summed E-state index contributed by atoms with van der Waals surface area (Å²) in [5.74, 6) is 0.251. The summed E-state index contributed by atoms with van der Waals surface area (Å²) in [6.07, 6.45) is -4.88. The molecule has 1 saturated carbocycles. The van der Waals surface area contributed by atoms with E-state index in [1.807, 2.05) is 0 Å². The Kier molecular flexibility index (Phi) is 7.48. The van der Waals surface area contributed by atoms with Crippen molar-refractivity contribution in [2.45, 2.75) is 62.3 Å². The first kappa shape index (κ1) is 30.3. The van der Waals surface area contributed by atoms with Gasteiger partial charge in [0.1, 0.15) is 41.8 Å². The van der Waals surface area contributed by atoms with E-state index in [4.69, 9.17) is 34.3 Å². The van der Waals surface area contributed by atoms with Gasteiger partial charge < -0.3 is 25.9 Å². The van der Waals surface area contributed by atoms with Crippen molar-refractivity contribution in [3.8, 4) is 0 Å². The van der Waals surface area contributed by atoms with Crippen LogP contribution in [0.5, 0.6) is 0 Å². The Bertz CT molecular complexity index is 1870. The molecule has 0 amide bonds. The zero-order valence-electron chi connectivity index (χ0n) is 22.6. The molecule has 7 rings (SSSR count). The number of rotatable bonds is 2. The van der Waals surface area contributed by atoms with Crippen LogP contribution in [0.4, 0.5) is 16.0 Å². The zero-order valence-corrected chi connectivity index (χ0v) is 26.2. The monoisotopic (exact) mass is 689 g/mol. The number of imidazole rings is 2. The molecule has 17 nitrogen and oxygen atoms in total. The number of hydrogen-bond acceptors (Lipinski definition) is 15. The molecule has 0 radical (unpaired) electrons. The van der Waals surface area contributed by atoms with E-state index in [9.17, 15) is 14.2 Å². The van der Waals surface area contributed by atoms with E-state index in [1.165, 1.54) is 23.5 Å². The van der Waals surface area contributed by atoms with Gasteiger partial charge in [-0.05, 0) is 12.5 Å². The first-order valence-electron chi connectivity index (χ1n) is 13.2. The molecule has 2 saturated heterocycles. The minimum absolute atomic E-state index is 0.0327. The molecule has 2 aliphatic heterocycles. The van der Waals surface area contributed by atoms with Gasteiger partial charge in [0.15, 0.2) is 29.7 Å². The van der Waals surface area contributed by atoms with Crippen LogP contribution in [0.15, 0.2) is 25.2 Å². The molecule has 5 N–H and O–H groups in total. The van der Waals surface area contributed by atoms with Crippen molar-refractivity contribution in [1.29, 1.82) is 0 Å². The molecule has 4 aromatic heterocycles. The number of nitrogens with two attached hydrogens (primary N) is 2. The fourth-order valence-electron chi connectivity index (χ4n) is 5.88. The lowest BCUT2D eigenvalue weighted by Gasteiger charge is -2.29. The number of alkyl halides is 1. The molecule has 236 valence electrons. The number of fused-ring (bicyclic) bond motifs is 5. The highest BCUT2D eigenvalue weighted by Crippen LogP contribution is 2.62. The molecule has 3 fully saturated rings. The summed E-state index contributed by atoms with van der Waals surface area (Å²) >= 11 is 8.23. The van der Waals surface area contributed by atoms with Gasteiger partial charge in [-0.25, -0.2) is 38.4 Å². The van der Waals surface area contributed by atoms with Crippen molar-refractivity contribution in [3.05, 3.63) is 30.7 Å². The van der Waals surface area contributed by atoms with Crippen LogP contribution in [0.3, 0.4) is 0 Å². The van der Waals surface area contributed by atoms with Crippen LogP contribution in [-0.2, 0) is 32.0 Å². The lowest BCUT2D eigenvalue weighted by atomic mass is 10.1. The van der Waals surface area contributed by atoms with Gasteiger partial charge in [0.2, 0.25) is 0 Å². The summed E-state index contributed by atoms with van der Waals surface area (Å²) in [5, 5.41) is 11.3. The molecule has 44 heavy (non-hydrogen) atoms. The number of nitrogen functional groups attached to an aromatic ring is 2. The zero-order chi connectivity index (χ0) is 31.1. The number of aromatic nitrogens is 7. The molecule has 0 spiro atoms. The van der Waals surface area contributed by atoms with Gasteiger partial charge in [-0.1, -0.05) is 24.5 Å². The van der Waals surface area contributed by atoms with Crippen LogP contribution in [0.2, 0.25) is 0 Å². The maximum atomic E-state index is 16.1. The van der Waals surface area contributed by atoms with Gasteiger partial charge in [-0.2, -0.15) is 0 Å². The Morgan fingerprint density at radius 1 is 0.955 bits per heavy atom. The summed E-state index contributed by atoms with van der Waals surface area (Å²) in [6, 6.07) is -0.781. The molecule has 0 aromatic carbocycles. The number of nitrogens with zero attached hydrogens (tertiary/aromatic N) is 7. The lowest BCUT2D eigenvalue weighted by molar-refractivity contribution is -0.0519. The highest BCUT2D eigenvalue weighted by molar-refractivity contribution is 8.44. The van der Waals surface area contributed by atoms with Crippen molar-refractivity contribution in [3.63, 3.8) is 0 Å². The number of hydrogen-bond donors (Lipinski definition) is 5. The Morgan fingerprint density at radius 2 is 1.66 bits per heavy atom. The fourth-order valence-corrected chi connectivity index (χ4v) is 9.22. The number of aliphatic hydroxyl groups is 1. The molecule has 6 heterocycles. The van der Waals surface area contributed by atoms with Gasteiger partial charge in [0.05, 0.1) is 36.9 Å². The van der Waals surface area contributed by atoms with Crippen LogP contribution in [0.1, 0.15) is 24.3 Å². The maximum absolute atomic E-state index is 16.1. The van der Waals surface area contributed by atoms with E-state index < -0.39 is 69.2 Å². The minimum Gasteiger partial charge on any atom is -0.388 e. The summed E-state index contributed by atoms with van der Waals surface area (Å²) < 4.78 is 74.7. The molecule has 4 aromatic rings. The second-order valence-corrected chi connectivity index (χ2v) is 16.3. The Labute approximate surface area is 258 Å². The minimum atomic E-state index is -4.40. The highest BCUT2D eigenvalue weighted by atomic mass is 32.7. The first-order valence-corrected chi connectivity index (χ1v) is 18.6. The van der Waals surface area contributed by atoms with E-state index in [-0.39, 0.29) is 29.2 Å². The predicted molar refractivity (Wildman–Crippen MR) is 159 cm³/mol. The summed E-state index contributed by atoms with van der Waals surface area (Å²) in [4.78, 5) is 20.6. The maximum Gasteiger partial charge on any atom is 0.386 e. The number of halogens is 1. The fraction of sp³-hybridized carbons (Fsp3) is 0.500. The summed E-state index contributed by atoms with van der Waals surface area (Å²) in [5.41, 5.74) is 14.0. The SMILES string of the molecule is Cc1cnc(N)c2ncn([C@@H]3C[C@@H]4OP(=O)(S)O[C@H]5[C@@H](F)[C@H](n6cnc7c(N)ncnc76)O[C@@H]5COP(=O)(S)O[C@@H]3C4O)c12. The topological polar surface area (TPSA) is 227 Å². The molecule has 3 unspecified atom stereocenters. The molecular formula is C22H26FN9O8P2S2. The van der Waals surface area contributed by atoms with Gasteiger partial charge in [0.25, 0.3) is 0 Å². The lowest BCUT2D eigenvalue weighted by Crippen LogP contribution is -2.37. The van der Waals surface area contributed by atoms with Crippen LogP contribution in [0, 0.1) is 6.92 Å². The molecule has 1 aliphatic carbocycles. The summed E-state index contributed by atoms with van der Waals surface area (Å²) in [6.45, 7) is -7.45. The van der Waals surface area contributed by atoms with Crippen LogP contribution in [-0.4, -0.2) is 82.5 Å². The molecule has 22 heteroatoms. The number of aryl methyl sites for hydroxylation is 1. The Balaban J connectivity index is 1.22. The molecular weight excluding hydrogens is 663 g/mol. The second kappa shape index (κ2) is 10.9. The first-order chi connectivity index (χ1) is 20.8. The van der Waals surface area contributed by atoms with Crippen LogP contribution >= 0.6 is 38.1 Å². The van der Waals surface area contributed by atoms with Gasteiger partial charge >= 0.3 is 13.6 Å². The third kappa shape index (κ3) is 5.10. The van der Waals surface area contributed by atoms with Gasteiger partial charge in [0, 0.05) is 12.6 Å². The summed E-state index contributed by atoms with van der Waals surface area (Å²) in [7, 11) is 0. The standard InChI is InChI=1S/C22H26FN9O8P2S2/c1-8-3-26-19(24)13-15(8)31(6-29-13)9-2-10-16(33)17(9)39-41(34,43)36-4-11-18(40-42(35,44)38-10)12(23)22(37-11)32-7-30-14-20(25)27-5-28-21(14)32/h3,5-7,9-12,16-18,22,33H,2,4H2,1H3,(H2,24,26)(H,34,43)(H,35,44)(H2,25,27,28)/t9-,10+,11-,12-,16?,17+,18-,22-,41?,42?/m1/s1. The van der Waals surface area contributed by atoms with Crippen LogP contribution < -0.4 is 11.5 Å². The van der Waals surface area contributed by atoms with Crippen molar-refractivity contribution in [2.24, 2.45) is 0 Å². The van der Waals surface area contributed by atoms with E-state index in [2.05, 4.69) is 49.4 Å². The van der Waals surface area contributed by atoms with Crippen molar-refractivity contribution in [2.75, 3.05) is 18.1 Å². The van der Waals surface area contributed by atoms with Gasteiger partial charge in [-0.15, -0.1) is 0 Å². The number of aliphatic hydroxyl groups excluding tert-OH is 1. The quantitative estimate of drug-likeness (QED) is 0.151. The predicted octanol–water partition coefficient (Wildman–Crippen LogP) is 2.55. The Hall–Kier alpha value is -2.38. The van der Waals surface area contributed by atoms with Crippen LogP contribution in [0.25, 0.3) is 22.2 Å². The second-order valence-electron chi connectivity index (χ2n) is 10.6. The largest absolute Gasteiger partial charge is 0.388 e. The van der Waals surface area contributed by atoms with Crippen molar-refractivity contribution in [1.82, 2.24) is 34.1 Å². The Morgan fingerprint density at radius 3 is 2.45 bits per heavy atom. The number of anilines is 2. The highest BCUT2D eigenvalue weighted by Gasteiger charge is 2.55. The molecule has 2 bridgehead atoms. The third-order valence-electron chi connectivity index (χ3n) is 7.84. The average molecular weight is 690 g/mol. The van der Waals surface area contributed by atoms with Gasteiger partial charge in [-0.3, -0.25) is 22.7 Å². The van der Waals surface area contributed by atoms with Crippen molar-refractivity contribution >= 4 is 71.9 Å². The van der Waals surface area contributed by atoms with Crippen molar-refractivity contribution < 1.29 is 41.5 Å². The number of pyridine rings is 1. The van der Waals surface area contributed by atoms with E-state index in [0.717, 1.165) is 0 Å². The molecule has 10 atom stereocenters. The molecule has 3 aliphatic rings. The number of thiol groups is 2. The number of ether oxygens (including phenoxy) is 1. The average Bonchev–Trinajstić information content (AvgIpc) is 3.72. The normalized spacial score (nSPS) is 38.0. The van der Waals surface area contributed by atoms with E-state index >= 15 is 4.39 Å².